The first-order chi connectivity index (χ1) is 10.2. The fourth-order valence-corrected chi connectivity index (χ4v) is 3.08. The summed E-state index contributed by atoms with van der Waals surface area (Å²) >= 11 is 0. The number of hydrogen-bond acceptors (Lipinski definition) is 3. The van der Waals surface area contributed by atoms with Crippen LogP contribution < -0.4 is 4.90 Å². The molecule has 0 N–H and O–H groups in total. The molecule has 2 heterocycles. The zero-order chi connectivity index (χ0) is 14.4. The lowest BCUT2D eigenvalue weighted by Crippen LogP contribution is -2.30. The molecule has 0 saturated carbocycles. The standard InChI is InChI=1S/C17H14FNO2/c18-14-2-1-3-15(8-14)19-5-4-11-6-13-10-21-17(20)16(13)7-12(11)9-19/h1-3,6-8H,4-5,9-10H2. The summed E-state index contributed by atoms with van der Waals surface area (Å²) in [6.07, 6.45) is 0.896. The summed E-state index contributed by atoms with van der Waals surface area (Å²) < 4.78 is 18.4. The molecule has 2 aromatic carbocycles. The van der Waals surface area contributed by atoms with Gasteiger partial charge in [0.1, 0.15) is 12.4 Å². The van der Waals surface area contributed by atoms with E-state index in [1.54, 1.807) is 12.1 Å². The molecule has 4 rings (SSSR count). The van der Waals surface area contributed by atoms with Crippen molar-refractivity contribution in [3.63, 3.8) is 0 Å². The van der Waals surface area contributed by atoms with Gasteiger partial charge in [-0.15, -0.1) is 0 Å². The summed E-state index contributed by atoms with van der Waals surface area (Å²) in [6, 6.07) is 10.6. The number of esters is 1. The fraction of sp³-hybridized carbons (Fsp3) is 0.235. The van der Waals surface area contributed by atoms with E-state index < -0.39 is 0 Å². The predicted molar refractivity (Wildman–Crippen MR) is 76.7 cm³/mol. The maximum Gasteiger partial charge on any atom is 0.338 e. The maximum atomic E-state index is 13.4. The molecule has 0 unspecified atom stereocenters. The molecule has 0 aromatic heterocycles. The molecule has 0 fully saturated rings. The molecule has 0 atom stereocenters. The summed E-state index contributed by atoms with van der Waals surface area (Å²) in [4.78, 5) is 13.8. The van der Waals surface area contributed by atoms with Crippen molar-refractivity contribution in [3.05, 3.63) is 64.5 Å². The molecule has 21 heavy (non-hydrogen) atoms. The number of anilines is 1. The van der Waals surface area contributed by atoms with Crippen molar-refractivity contribution in [2.45, 2.75) is 19.6 Å². The Morgan fingerprint density at radius 2 is 2.00 bits per heavy atom. The van der Waals surface area contributed by atoms with Crippen LogP contribution in [0.4, 0.5) is 10.1 Å². The number of hydrogen-bond donors (Lipinski definition) is 0. The van der Waals surface area contributed by atoms with E-state index in [-0.39, 0.29) is 11.8 Å². The second-order valence-electron chi connectivity index (χ2n) is 5.51. The Morgan fingerprint density at radius 1 is 1.10 bits per heavy atom. The first-order valence-corrected chi connectivity index (χ1v) is 7.03. The largest absolute Gasteiger partial charge is 0.457 e. The highest BCUT2D eigenvalue weighted by Crippen LogP contribution is 2.30. The number of carbonyl (C=O) groups is 1. The van der Waals surface area contributed by atoms with Gasteiger partial charge in [-0.05, 0) is 41.8 Å². The molecule has 0 aliphatic carbocycles. The molecule has 0 saturated heterocycles. The van der Waals surface area contributed by atoms with Gasteiger partial charge in [-0.3, -0.25) is 0 Å². The second kappa shape index (κ2) is 4.58. The van der Waals surface area contributed by atoms with Crippen molar-refractivity contribution in [2.24, 2.45) is 0 Å². The van der Waals surface area contributed by atoms with Gasteiger partial charge in [-0.1, -0.05) is 12.1 Å². The third-order valence-corrected chi connectivity index (χ3v) is 4.19. The van der Waals surface area contributed by atoms with Crippen molar-refractivity contribution in [1.82, 2.24) is 0 Å². The summed E-state index contributed by atoms with van der Waals surface area (Å²) in [5.41, 5.74) is 4.93. The van der Waals surface area contributed by atoms with E-state index >= 15 is 0 Å². The minimum atomic E-state index is -0.240. The molecule has 106 valence electrons. The Bertz CT molecular complexity index is 742. The lowest BCUT2D eigenvalue weighted by Gasteiger charge is -2.31. The van der Waals surface area contributed by atoms with Crippen LogP contribution in [0.25, 0.3) is 0 Å². The van der Waals surface area contributed by atoms with Crippen molar-refractivity contribution in [3.8, 4) is 0 Å². The van der Waals surface area contributed by atoms with Gasteiger partial charge in [0, 0.05) is 24.3 Å². The normalized spacial score (nSPS) is 16.4. The first-order valence-electron chi connectivity index (χ1n) is 7.03. The van der Waals surface area contributed by atoms with Crippen LogP contribution in [-0.4, -0.2) is 12.5 Å². The third-order valence-electron chi connectivity index (χ3n) is 4.19. The number of cyclic esters (lactones) is 1. The van der Waals surface area contributed by atoms with Crippen molar-refractivity contribution >= 4 is 11.7 Å². The molecule has 4 heteroatoms. The van der Waals surface area contributed by atoms with Crippen molar-refractivity contribution in [2.75, 3.05) is 11.4 Å². The lowest BCUT2D eigenvalue weighted by atomic mass is 9.94. The van der Waals surface area contributed by atoms with Crippen molar-refractivity contribution in [1.29, 1.82) is 0 Å². The fourth-order valence-electron chi connectivity index (χ4n) is 3.08. The quantitative estimate of drug-likeness (QED) is 0.753. The van der Waals surface area contributed by atoms with Gasteiger partial charge < -0.3 is 9.64 Å². The predicted octanol–water partition coefficient (Wildman–Crippen LogP) is 3.06. The smallest absolute Gasteiger partial charge is 0.338 e. The minimum absolute atomic E-state index is 0.226. The van der Waals surface area contributed by atoms with Crippen LogP contribution in [-0.2, 0) is 24.3 Å². The van der Waals surface area contributed by atoms with Gasteiger partial charge in [-0.2, -0.15) is 0 Å². The van der Waals surface area contributed by atoms with Gasteiger partial charge in [0.05, 0.1) is 5.56 Å². The van der Waals surface area contributed by atoms with Gasteiger partial charge in [0.15, 0.2) is 0 Å². The molecule has 0 amide bonds. The Kier molecular flexibility index (Phi) is 2.70. The lowest BCUT2D eigenvalue weighted by molar-refractivity contribution is 0.0535. The molecule has 2 aliphatic heterocycles. The highest BCUT2D eigenvalue weighted by molar-refractivity contribution is 5.93. The van der Waals surface area contributed by atoms with Crippen LogP contribution in [0, 0.1) is 5.82 Å². The second-order valence-corrected chi connectivity index (χ2v) is 5.51. The van der Waals surface area contributed by atoms with Crippen molar-refractivity contribution < 1.29 is 13.9 Å². The Hall–Kier alpha value is -2.36. The number of nitrogens with zero attached hydrogens (tertiary/aromatic N) is 1. The van der Waals surface area contributed by atoms with E-state index in [1.807, 2.05) is 12.1 Å². The molecule has 2 aromatic rings. The van der Waals surface area contributed by atoms with Crippen LogP contribution in [0.3, 0.4) is 0 Å². The summed E-state index contributed by atoms with van der Waals surface area (Å²) in [5, 5.41) is 0. The van der Waals surface area contributed by atoms with Crippen LogP contribution in [0.15, 0.2) is 36.4 Å². The summed E-state index contributed by atoms with van der Waals surface area (Å²) in [5.74, 6) is -0.466. The molecule has 2 aliphatic rings. The summed E-state index contributed by atoms with van der Waals surface area (Å²) in [7, 11) is 0. The highest BCUT2D eigenvalue weighted by atomic mass is 19.1. The average Bonchev–Trinajstić information content (AvgIpc) is 2.85. The molecular formula is C17H14FNO2. The van der Waals surface area contributed by atoms with Crippen LogP contribution in [0.2, 0.25) is 0 Å². The van der Waals surface area contributed by atoms with Gasteiger partial charge >= 0.3 is 5.97 Å². The highest BCUT2D eigenvalue weighted by Gasteiger charge is 2.25. The zero-order valence-electron chi connectivity index (χ0n) is 11.4. The molecule has 3 nitrogen and oxygen atoms in total. The number of halogens is 1. The molecular weight excluding hydrogens is 269 g/mol. The van der Waals surface area contributed by atoms with E-state index in [4.69, 9.17) is 4.74 Å². The molecule has 0 bridgehead atoms. The Balaban J connectivity index is 1.69. The molecule has 0 radical (unpaired) electrons. The monoisotopic (exact) mass is 283 g/mol. The first kappa shape index (κ1) is 12.4. The van der Waals surface area contributed by atoms with E-state index in [0.717, 1.165) is 29.8 Å². The average molecular weight is 283 g/mol. The van der Waals surface area contributed by atoms with E-state index in [1.165, 1.54) is 11.6 Å². The zero-order valence-corrected chi connectivity index (χ0v) is 11.4. The van der Waals surface area contributed by atoms with Crippen LogP contribution >= 0.6 is 0 Å². The van der Waals surface area contributed by atoms with Gasteiger partial charge in [0.25, 0.3) is 0 Å². The number of carbonyl (C=O) groups excluding carboxylic acids is 1. The number of ether oxygens (including phenoxy) is 1. The Morgan fingerprint density at radius 3 is 2.86 bits per heavy atom. The Labute approximate surface area is 122 Å². The van der Waals surface area contributed by atoms with E-state index in [0.29, 0.717) is 18.7 Å². The van der Waals surface area contributed by atoms with Gasteiger partial charge in [0.2, 0.25) is 0 Å². The number of rotatable bonds is 1. The minimum Gasteiger partial charge on any atom is -0.457 e. The van der Waals surface area contributed by atoms with Gasteiger partial charge in [-0.25, -0.2) is 9.18 Å². The van der Waals surface area contributed by atoms with Crippen LogP contribution in [0.5, 0.6) is 0 Å². The third kappa shape index (κ3) is 2.07. The molecule has 0 spiro atoms. The number of benzene rings is 2. The maximum absolute atomic E-state index is 13.4. The van der Waals surface area contributed by atoms with E-state index in [2.05, 4.69) is 11.0 Å². The van der Waals surface area contributed by atoms with Crippen LogP contribution in [0.1, 0.15) is 27.0 Å². The summed E-state index contributed by atoms with van der Waals surface area (Å²) in [6.45, 7) is 1.93. The topological polar surface area (TPSA) is 29.5 Å². The number of fused-ring (bicyclic) bond motifs is 2. The van der Waals surface area contributed by atoms with E-state index in [9.17, 15) is 9.18 Å². The SMILES string of the molecule is O=C1OCc2cc3c(cc21)CN(c1cccc(F)c1)CC3.